The van der Waals surface area contributed by atoms with Crippen molar-refractivity contribution in [3.8, 4) is 6.07 Å². The van der Waals surface area contributed by atoms with Crippen LogP contribution in [0, 0.1) is 11.3 Å². The molecule has 1 unspecified atom stereocenters. The molecule has 1 aliphatic rings. The Morgan fingerprint density at radius 3 is 3.07 bits per heavy atom. The quantitative estimate of drug-likeness (QED) is 0.743. The van der Waals surface area contributed by atoms with E-state index in [4.69, 9.17) is 5.26 Å². The van der Waals surface area contributed by atoms with Gasteiger partial charge in [0.25, 0.3) is 0 Å². The number of carbonyl (C=O) groups excluding carboxylic acids is 1. The van der Waals surface area contributed by atoms with E-state index in [9.17, 15) is 4.79 Å². The molecule has 0 saturated heterocycles. The molecule has 1 aromatic carbocycles. The predicted octanol–water partition coefficient (Wildman–Crippen LogP) is 1.33. The molecule has 0 spiro atoms. The van der Waals surface area contributed by atoms with Crippen molar-refractivity contribution in [3.05, 3.63) is 34.9 Å². The lowest BCUT2D eigenvalue weighted by atomic mass is 9.99. The van der Waals surface area contributed by atoms with Crippen LogP contribution in [0.5, 0.6) is 0 Å². The Hall–Kier alpha value is -1.82. The summed E-state index contributed by atoms with van der Waals surface area (Å²) in [6.07, 6.45) is 1.74. The standard InChI is InChI=1S/C12H12N2O/c1-14-12(15)11-5-3-9-6-8(7-13)2-4-10(9)11/h2,4,6,11H,3,5H2,1H3,(H,14,15). The van der Waals surface area contributed by atoms with Gasteiger partial charge in [0.2, 0.25) is 5.91 Å². The Morgan fingerprint density at radius 1 is 1.60 bits per heavy atom. The number of aryl methyl sites for hydroxylation is 1. The van der Waals surface area contributed by atoms with Crippen molar-refractivity contribution >= 4 is 5.91 Å². The van der Waals surface area contributed by atoms with Crippen molar-refractivity contribution in [2.75, 3.05) is 7.05 Å². The molecular formula is C12H12N2O. The topological polar surface area (TPSA) is 52.9 Å². The fourth-order valence-electron chi connectivity index (χ4n) is 2.13. The maximum absolute atomic E-state index is 11.6. The maximum atomic E-state index is 11.6. The molecule has 1 N–H and O–H groups in total. The summed E-state index contributed by atoms with van der Waals surface area (Å²) in [6.45, 7) is 0. The first-order valence-electron chi connectivity index (χ1n) is 5.00. The minimum Gasteiger partial charge on any atom is -0.359 e. The van der Waals surface area contributed by atoms with E-state index < -0.39 is 0 Å². The van der Waals surface area contributed by atoms with E-state index in [0.29, 0.717) is 5.56 Å². The average molecular weight is 200 g/mol. The number of nitrogens with zero attached hydrogens (tertiary/aromatic N) is 1. The van der Waals surface area contributed by atoms with Gasteiger partial charge < -0.3 is 5.32 Å². The molecule has 76 valence electrons. The zero-order valence-corrected chi connectivity index (χ0v) is 8.58. The van der Waals surface area contributed by atoms with E-state index >= 15 is 0 Å². The highest BCUT2D eigenvalue weighted by Crippen LogP contribution is 2.33. The third-order valence-electron chi connectivity index (χ3n) is 2.91. The van der Waals surface area contributed by atoms with Crippen LogP contribution in [0.25, 0.3) is 0 Å². The second-order valence-corrected chi connectivity index (χ2v) is 3.73. The highest BCUT2D eigenvalue weighted by atomic mass is 16.1. The van der Waals surface area contributed by atoms with Crippen LogP contribution in [0.15, 0.2) is 18.2 Å². The van der Waals surface area contributed by atoms with Crippen molar-refractivity contribution in [3.63, 3.8) is 0 Å². The summed E-state index contributed by atoms with van der Waals surface area (Å²) in [7, 11) is 1.66. The fourth-order valence-corrected chi connectivity index (χ4v) is 2.13. The van der Waals surface area contributed by atoms with Crippen molar-refractivity contribution in [2.45, 2.75) is 18.8 Å². The van der Waals surface area contributed by atoms with E-state index in [1.165, 1.54) is 0 Å². The first-order chi connectivity index (χ1) is 7.26. The molecule has 2 rings (SSSR count). The van der Waals surface area contributed by atoms with Crippen molar-refractivity contribution in [2.24, 2.45) is 0 Å². The molecule has 0 aliphatic heterocycles. The van der Waals surface area contributed by atoms with Crippen LogP contribution in [0.3, 0.4) is 0 Å². The van der Waals surface area contributed by atoms with Gasteiger partial charge in [-0.25, -0.2) is 0 Å². The first kappa shape index (κ1) is 9.72. The number of fused-ring (bicyclic) bond motifs is 1. The third-order valence-corrected chi connectivity index (χ3v) is 2.91. The lowest BCUT2D eigenvalue weighted by Gasteiger charge is -2.09. The van der Waals surface area contributed by atoms with Crippen LogP contribution >= 0.6 is 0 Å². The van der Waals surface area contributed by atoms with Gasteiger partial charge in [0.05, 0.1) is 17.6 Å². The largest absolute Gasteiger partial charge is 0.359 e. The number of hydrogen-bond acceptors (Lipinski definition) is 2. The number of likely N-dealkylation sites (N-methyl/N-ethyl adjacent to an activating group) is 1. The normalized spacial score (nSPS) is 18.0. The number of benzene rings is 1. The van der Waals surface area contributed by atoms with Crippen LogP contribution in [-0.4, -0.2) is 13.0 Å². The second-order valence-electron chi connectivity index (χ2n) is 3.73. The Labute approximate surface area is 88.7 Å². The van der Waals surface area contributed by atoms with E-state index in [0.717, 1.165) is 24.0 Å². The zero-order chi connectivity index (χ0) is 10.8. The number of nitrogens with one attached hydrogen (secondary N) is 1. The molecule has 1 aliphatic carbocycles. The van der Waals surface area contributed by atoms with Gasteiger partial charge in [-0.15, -0.1) is 0 Å². The number of nitriles is 1. The van der Waals surface area contributed by atoms with Gasteiger partial charge >= 0.3 is 0 Å². The Balaban J connectivity index is 2.37. The number of carbonyl (C=O) groups is 1. The SMILES string of the molecule is CNC(=O)C1CCc2cc(C#N)ccc21. The van der Waals surface area contributed by atoms with Gasteiger partial charge in [-0.1, -0.05) is 6.07 Å². The van der Waals surface area contributed by atoms with Gasteiger partial charge in [-0.05, 0) is 36.1 Å². The highest BCUT2D eigenvalue weighted by molar-refractivity contribution is 5.84. The van der Waals surface area contributed by atoms with E-state index in [-0.39, 0.29) is 11.8 Å². The third kappa shape index (κ3) is 1.59. The van der Waals surface area contributed by atoms with Gasteiger partial charge in [-0.3, -0.25) is 4.79 Å². The zero-order valence-electron chi connectivity index (χ0n) is 8.58. The summed E-state index contributed by atoms with van der Waals surface area (Å²) in [5.74, 6) is 0.0381. The average Bonchev–Trinajstić information content (AvgIpc) is 2.70. The molecule has 1 atom stereocenters. The molecule has 0 saturated carbocycles. The minimum absolute atomic E-state index is 0.0299. The minimum atomic E-state index is -0.0299. The summed E-state index contributed by atoms with van der Waals surface area (Å²) >= 11 is 0. The number of hydrogen-bond donors (Lipinski definition) is 1. The number of amides is 1. The molecule has 3 nitrogen and oxygen atoms in total. The van der Waals surface area contributed by atoms with E-state index in [1.54, 1.807) is 13.1 Å². The molecule has 15 heavy (non-hydrogen) atoms. The molecule has 0 radical (unpaired) electrons. The van der Waals surface area contributed by atoms with Gasteiger partial charge in [0.15, 0.2) is 0 Å². The van der Waals surface area contributed by atoms with Gasteiger partial charge in [-0.2, -0.15) is 5.26 Å². The molecule has 1 aromatic rings. The summed E-state index contributed by atoms with van der Waals surface area (Å²) in [5.41, 5.74) is 2.89. The fraction of sp³-hybridized carbons (Fsp3) is 0.333. The summed E-state index contributed by atoms with van der Waals surface area (Å²) in [5, 5.41) is 11.4. The smallest absolute Gasteiger partial charge is 0.227 e. The summed E-state index contributed by atoms with van der Waals surface area (Å²) in [4.78, 5) is 11.6. The molecular weight excluding hydrogens is 188 g/mol. The number of rotatable bonds is 1. The summed E-state index contributed by atoms with van der Waals surface area (Å²) < 4.78 is 0. The van der Waals surface area contributed by atoms with E-state index in [1.807, 2.05) is 12.1 Å². The van der Waals surface area contributed by atoms with Crippen molar-refractivity contribution in [1.82, 2.24) is 5.32 Å². The molecule has 0 aromatic heterocycles. The lowest BCUT2D eigenvalue weighted by Crippen LogP contribution is -2.24. The second kappa shape index (κ2) is 3.74. The van der Waals surface area contributed by atoms with Gasteiger partial charge in [0.1, 0.15) is 0 Å². The van der Waals surface area contributed by atoms with E-state index in [2.05, 4.69) is 11.4 Å². The van der Waals surface area contributed by atoms with Crippen LogP contribution in [0.4, 0.5) is 0 Å². The van der Waals surface area contributed by atoms with Crippen molar-refractivity contribution in [1.29, 1.82) is 5.26 Å². The Morgan fingerprint density at radius 2 is 2.40 bits per heavy atom. The van der Waals surface area contributed by atoms with Crippen LogP contribution in [-0.2, 0) is 11.2 Å². The molecule has 0 bridgehead atoms. The summed E-state index contributed by atoms with van der Waals surface area (Å²) in [6, 6.07) is 7.68. The monoisotopic (exact) mass is 200 g/mol. The van der Waals surface area contributed by atoms with Crippen LogP contribution < -0.4 is 5.32 Å². The lowest BCUT2D eigenvalue weighted by molar-refractivity contribution is -0.122. The maximum Gasteiger partial charge on any atom is 0.227 e. The highest BCUT2D eigenvalue weighted by Gasteiger charge is 2.27. The van der Waals surface area contributed by atoms with Crippen LogP contribution in [0.1, 0.15) is 29.0 Å². The molecule has 0 heterocycles. The Kier molecular flexibility index (Phi) is 2.42. The molecule has 3 heteroatoms. The van der Waals surface area contributed by atoms with Crippen LogP contribution in [0.2, 0.25) is 0 Å². The molecule has 1 amide bonds. The van der Waals surface area contributed by atoms with Gasteiger partial charge in [0, 0.05) is 7.05 Å². The first-order valence-corrected chi connectivity index (χ1v) is 5.00. The molecule has 0 fully saturated rings. The Bertz CT molecular complexity index is 445. The predicted molar refractivity (Wildman–Crippen MR) is 56.3 cm³/mol. The van der Waals surface area contributed by atoms with Crippen molar-refractivity contribution < 1.29 is 4.79 Å².